The molecule has 0 amide bonds. The molecule has 2 aromatic rings. The van der Waals surface area contributed by atoms with Gasteiger partial charge >= 0.3 is 0 Å². The summed E-state index contributed by atoms with van der Waals surface area (Å²) in [7, 11) is 0. The second-order valence-corrected chi connectivity index (χ2v) is 5.19. The molecule has 0 saturated carbocycles. The van der Waals surface area contributed by atoms with Gasteiger partial charge in [-0.15, -0.1) is 0 Å². The summed E-state index contributed by atoms with van der Waals surface area (Å²) in [6.45, 7) is 1.99. The van der Waals surface area contributed by atoms with Gasteiger partial charge in [0.25, 0.3) is 0 Å². The highest BCUT2D eigenvalue weighted by Crippen LogP contribution is 2.40. The highest BCUT2D eigenvalue weighted by molar-refractivity contribution is 5.41. The summed E-state index contributed by atoms with van der Waals surface area (Å²) in [4.78, 5) is 0. The summed E-state index contributed by atoms with van der Waals surface area (Å²) >= 11 is 0. The largest absolute Gasteiger partial charge is 0.485 e. The molecule has 1 aliphatic heterocycles. The summed E-state index contributed by atoms with van der Waals surface area (Å²) in [5, 5.41) is 0. The summed E-state index contributed by atoms with van der Waals surface area (Å²) < 4.78 is 32.4. The van der Waals surface area contributed by atoms with Crippen LogP contribution in [0.3, 0.4) is 0 Å². The topological polar surface area (TPSA) is 35.2 Å². The Labute approximate surface area is 116 Å². The van der Waals surface area contributed by atoms with E-state index >= 15 is 0 Å². The number of benzene rings is 2. The molecule has 2 nitrogen and oxygen atoms in total. The lowest BCUT2D eigenvalue weighted by Gasteiger charge is -2.31. The van der Waals surface area contributed by atoms with Gasteiger partial charge < -0.3 is 10.5 Å². The van der Waals surface area contributed by atoms with Crippen molar-refractivity contribution in [1.29, 1.82) is 0 Å². The lowest BCUT2D eigenvalue weighted by Crippen LogP contribution is -2.24. The average molecular weight is 275 g/mol. The lowest BCUT2D eigenvalue weighted by atomic mass is 9.92. The summed E-state index contributed by atoms with van der Waals surface area (Å²) in [5.41, 5.74) is 8.68. The van der Waals surface area contributed by atoms with E-state index in [4.69, 9.17) is 10.5 Å². The first-order valence-corrected chi connectivity index (χ1v) is 6.52. The fourth-order valence-electron chi connectivity index (χ4n) is 2.59. The summed E-state index contributed by atoms with van der Waals surface area (Å²) in [5.74, 6) is -0.525. The maximum Gasteiger partial charge on any atom is 0.126 e. The van der Waals surface area contributed by atoms with Crippen molar-refractivity contribution < 1.29 is 13.5 Å². The van der Waals surface area contributed by atoms with Gasteiger partial charge in [0.2, 0.25) is 0 Å². The van der Waals surface area contributed by atoms with Crippen LogP contribution in [0.5, 0.6) is 5.75 Å². The number of hydrogen-bond donors (Lipinski definition) is 1. The molecule has 104 valence electrons. The molecule has 0 spiro atoms. The van der Waals surface area contributed by atoms with E-state index in [9.17, 15) is 8.78 Å². The Morgan fingerprint density at radius 2 is 1.80 bits per heavy atom. The Hall–Kier alpha value is -1.94. The van der Waals surface area contributed by atoms with Crippen molar-refractivity contribution in [3.63, 3.8) is 0 Å². The number of fused-ring (bicyclic) bond motifs is 1. The molecule has 1 heterocycles. The van der Waals surface area contributed by atoms with Crippen molar-refractivity contribution in [3.05, 3.63) is 64.7 Å². The van der Waals surface area contributed by atoms with Crippen LogP contribution in [0.25, 0.3) is 0 Å². The zero-order chi connectivity index (χ0) is 14.3. The monoisotopic (exact) mass is 275 g/mol. The molecule has 4 heteroatoms. The normalized spacial score (nSPS) is 21.2. The number of aryl methyl sites for hydroxylation is 1. The van der Waals surface area contributed by atoms with E-state index in [1.165, 1.54) is 12.1 Å². The number of ether oxygens (including phenoxy) is 1. The Kier molecular flexibility index (Phi) is 3.18. The van der Waals surface area contributed by atoms with Gasteiger partial charge in [-0.25, -0.2) is 8.78 Å². The molecule has 1 aliphatic rings. The minimum absolute atomic E-state index is 0.199. The van der Waals surface area contributed by atoms with Gasteiger partial charge in [-0.05, 0) is 30.7 Å². The van der Waals surface area contributed by atoms with Gasteiger partial charge in [-0.1, -0.05) is 17.7 Å². The number of rotatable bonds is 1. The van der Waals surface area contributed by atoms with Crippen molar-refractivity contribution >= 4 is 0 Å². The smallest absolute Gasteiger partial charge is 0.126 e. The van der Waals surface area contributed by atoms with Gasteiger partial charge in [0.15, 0.2) is 0 Å². The number of hydrogen-bond acceptors (Lipinski definition) is 2. The molecule has 2 N–H and O–H groups in total. The van der Waals surface area contributed by atoms with Crippen molar-refractivity contribution in [2.75, 3.05) is 0 Å². The second-order valence-electron chi connectivity index (χ2n) is 5.19. The van der Waals surface area contributed by atoms with E-state index in [0.29, 0.717) is 17.7 Å². The Morgan fingerprint density at radius 3 is 2.50 bits per heavy atom. The molecule has 0 aliphatic carbocycles. The third-order valence-corrected chi connectivity index (χ3v) is 3.56. The standard InChI is InChI=1S/C16H15F2NO/c1-9-2-3-15-13(4-9)14(19)8-16(20-15)10-5-11(17)7-12(18)6-10/h2-7,14,16H,8,19H2,1H3. The van der Waals surface area contributed by atoms with Gasteiger partial charge in [0, 0.05) is 24.1 Å². The first-order valence-electron chi connectivity index (χ1n) is 6.52. The predicted octanol–water partition coefficient (Wildman–Crippen LogP) is 3.80. The molecule has 3 rings (SSSR count). The van der Waals surface area contributed by atoms with Crippen LogP contribution >= 0.6 is 0 Å². The van der Waals surface area contributed by atoms with E-state index in [1.54, 1.807) is 0 Å². The molecule has 2 atom stereocenters. The van der Waals surface area contributed by atoms with E-state index in [0.717, 1.165) is 17.2 Å². The fourth-order valence-corrected chi connectivity index (χ4v) is 2.59. The zero-order valence-corrected chi connectivity index (χ0v) is 11.1. The minimum atomic E-state index is -0.605. The first kappa shape index (κ1) is 13.1. The highest BCUT2D eigenvalue weighted by atomic mass is 19.1. The van der Waals surface area contributed by atoms with Gasteiger partial charge in [0.05, 0.1) is 0 Å². The second kappa shape index (κ2) is 4.87. The predicted molar refractivity (Wildman–Crippen MR) is 72.5 cm³/mol. The van der Waals surface area contributed by atoms with Crippen molar-refractivity contribution in [1.82, 2.24) is 0 Å². The van der Waals surface area contributed by atoms with Gasteiger partial charge in [-0.2, -0.15) is 0 Å². The van der Waals surface area contributed by atoms with E-state index in [2.05, 4.69) is 0 Å². The third kappa shape index (κ3) is 2.39. The van der Waals surface area contributed by atoms with E-state index < -0.39 is 17.7 Å². The maximum atomic E-state index is 13.3. The Balaban J connectivity index is 1.96. The van der Waals surface area contributed by atoms with Crippen LogP contribution in [0, 0.1) is 18.6 Å². The molecular formula is C16H15F2NO. The molecule has 0 radical (unpaired) electrons. The van der Waals surface area contributed by atoms with Crippen molar-refractivity contribution in [2.45, 2.75) is 25.5 Å². The minimum Gasteiger partial charge on any atom is -0.485 e. The van der Waals surface area contributed by atoms with Crippen molar-refractivity contribution in [3.8, 4) is 5.75 Å². The van der Waals surface area contributed by atoms with Crippen LogP contribution in [0.15, 0.2) is 36.4 Å². The van der Waals surface area contributed by atoms with Crippen LogP contribution in [-0.4, -0.2) is 0 Å². The number of halogens is 2. The number of nitrogens with two attached hydrogens (primary N) is 1. The van der Waals surface area contributed by atoms with Crippen LogP contribution < -0.4 is 10.5 Å². The van der Waals surface area contributed by atoms with Crippen LogP contribution in [0.2, 0.25) is 0 Å². The quantitative estimate of drug-likeness (QED) is 0.859. The van der Waals surface area contributed by atoms with Crippen LogP contribution in [-0.2, 0) is 0 Å². The molecular weight excluding hydrogens is 260 g/mol. The maximum absolute atomic E-state index is 13.3. The third-order valence-electron chi connectivity index (χ3n) is 3.56. The Morgan fingerprint density at radius 1 is 1.10 bits per heavy atom. The first-order chi connectivity index (χ1) is 9.52. The Bertz CT molecular complexity index is 637. The van der Waals surface area contributed by atoms with Gasteiger partial charge in [-0.3, -0.25) is 0 Å². The van der Waals surface area contributed by atoms with E-state index in [1.807, 2.05) is 25.1 Å². The highest BCUT2D eigenvalue weighted by Gasteiger charge is 2.27. The average Bonchev–Trinajstić information content (AvgIpc) is 2.38. The molecule has 0 bridgehead atoms. The van der Waals surface area contributed by atoms with Crippen LogP contribution in [0.4, 0.5) is 8.78 Å². The molecule has 20 heavy (non-hydrogen) atoms. The fraction of sp³-hybridized carbons (Fsp3) is 0.250. The molecule has 0 saturated heterocycles. The molecule has 2 unspecified atom stereocenters. The zero-order valence-electron chi connectivity index (χ0n) is 11.1. The van der Waals surface area contributed by atoms with Gasteiger partial charge in [0.1, 0.15) is 23.5 Å². The lowest BCUT2D eigenvalue weighted by molar-refractivity contribution is 0.160. The summed E-state index contributed by atoms with van der Waals surface area (Å²) in [6.07, 6.45) is 0.0738. The molecule has 0 aromatic heterocycles. The molecule has 2 aromatic carbocycles. The van der Waals surface area contributed by atoms with Crippen LogP contribution in [0.1, 0.15) is 35.3 Å². The molecule has 0 fully saturated rings. The van der Waals surface area contributed by atoms with Crippen molar-refractivity contribution in [2.24, 2.45) is 5.73 Å². The summed E-state index contributed by atoms with van der Waals surface area (Å²) in [6, 6.07) is 9.01. The van der Waals surface area contributed by atoms with E-state index in [-0.39, 0.29) is 6.04 Å². The SMILES string of the molecule is Cc1ccc2c(c1)C(N)CC(c1cc(F)cc(F)c1)O2.